The van der Waals surface area contributed by atoms with E-state index in [1.54, 1.807) is 12.1 Å². The van der Waals surface area contributed by atoms with Gasteiger partial charge in [-0.25, -0.2) is 4.57 Å². The zero-order valence-corrected chi connectivity index (χ0v) is 30.2. The number of pyridine rings is 1. The third kappa shape index (κ3) is 16.6. The van der Waals surface area contributed by atoms with E-state index in [9.17, 15) is 9.46 Å². The number of hydrogen-bond acceptors (Lipinski definition) is 5. The topological polar surface area (TPSA) is 78.1 Å². The van der Waals surface area contributed by atoms with Crippen molar-refractivity contribution < 1.29 is 32.5 Å². The first-order valence-corrected chi connectivity index (χ1v) is 19.7. The van der Waals surface area contributed by atoms with E-state index < -0.39 is 13.9 Å². The van der Waals surface area contributed by atoms with Crippen molar-refractivity contribution >= 4 is 18.7 Å². The van der Waals surface area contributed by atoms with E-state index in [1.165, 1.54) is 77.0 Å². The Labute approximate surface area is 284 Å². The van der Waals surface area contributed by atoms with Gasteiger partial charge in [-0.1, -0.05) is 129 Å². The molecule has 47 heavy (non-hydrogen) atoms. The number of phosphoric acid groups is 1. The summed E-state index contributed by atoms with van der Waals surface area (Å²) in [6.07, 6.45) is 20.0. The molecule has 0 aliphatic heterocycles. The number of fused-ring (bicyclic) bond motifs is 1. The molecular formula is C39H61NO6P+. The molecule has 1 N–H and O–H groups in total. The van der Waals surface area contributed by atoms with Crippen molar-refractivity contribution in [1.82, 2.24) is 0 Å². The van der Waals surface area contributed by atoms with Crippen molar-refractivity contribution in [3.8, 4) is 5.75 Å². The minimum absolute atomic E-state index is 0.0977. The number of ether oxygens (including phenoxy) is 2. The maximum Gasteiger partial charge on any atom is 0.527 e. The Kier molecular flexibility index (Phi) is 19.3. The summed E-state index contributed by atoms with van der Waals surface area (Å²) in [6, 6.07) is 19.4. The Balaban J connectivity index is 1.36. The van der Waals surface area contributed by atoms with Crippen LogP contribution in [-0.2, 0) is 25.1 Å². The van der Waals surface area contributed by atoms with Crippen molar-refractivity contribution in [1.29, 1.82) is 0 Å². The third-order valence-electron chi connectivity index (χ3n) is 8.35. The molecule has 8 heteroatoms. The number of rotatable bonds is 27. The van der Waals surface area contributed by atoms with Crippen LogP contribution in [-0.4, -0.2) is 37.4 Å². The highest BCUT2D eigenvalue weighted by atomic mass is 31.2. The molecule has 2 atom stereocenters. The van der Waals surface area contributed by atoms with Gasteiger partial charge in [-0.05, 0) is 36.6 Å². The van der Waals surface area contributed by atoms with Crippen LogP contribution in [0.1, 0.15) is 116 Å². The Morgan fingerprint density at radius 2 is 1.32 bits per heavy atom. The predicted octanol–water partition coefficient (Wildman–Crippen LogP) is 10.2. The number of nitrogens with zero attached hydrogens (tertiary/aromatic N) is 1. The molecule has 2 unspecified atom stereocenters. The molecule has 0 spiro atoms. The summed E-state index contributed by atoms with van der Waals surface area (Å²) in [6.45, 7) is 8.25. The van der Waals surface area contributed by atoms with Gasteiger partial charge in [0.05, 0.1) is 18.8 Å². The van der Waals surface area contributed by atoms with Gasteiger partial charge in [-0.15, -0.1) is 0 Å². The summed E-state index contributed by atoms with van der Waals surface area (Å²) in [5.41, 5.74) is 1.84. The number of phosphoric ester groups is 1. The fourth-order valence-corrected chi connectivity index (χ4v) is 6.51. The minimum atomic E-state index is -4.42. The van der Waals surface area contributed by atoms with Crippen molar-refractivity contribution in [2.45, 2.75) is 123 Å². The second kappa shape index (κ2) is 23.1. The van der Waals surface area contributed by atoms with E-state index in [2.05, 4.69) is 43.5 Å². The van der Waals surface area contributed by atoms with Gasteiger partial charge in [0, 0.05) is 30.7 Å². The van der Waals surface area contributed by atoms with E-state index in [0.29, 0.717) is 38.0 Å². The highest BCUT2D eigenvalue weighted by molar-refractivity contribution is 7.47. The van der Waals surface area contributed by atoms with Gasteiger partial charge < -0.3 is 14.0 Å². The number of aromatic nitrogens is 1. The molecule has 0 amide bonds. The molecule has 7 nitrogen and oxygen atoms in total. The van der Waals surface area contributed by atoms with Gasteiger partial charge in [0.15, 0.2) is 12.7 Å². The molecule has 0 aliphatic rings. The van der Waals surface area contributed by atoms with Crippen LogP contribution in [0.4, 0.5) is 0 Å². The smallest absolute Gasteiger partial charge is 0.404 e. The molecule has 1 heterocycles. The first kappa shape index (κ1) is 39.2. The van der Waals surface area contributed by atoms with Gasteiger partial charge in [0.2, 0.25) is 5.52 Å². The molecule has 3 aromatic rings. The van der Waals surface area contributed by atoms with Crippen molar-refractivity contribution in [2.24, 2.45) is 5.92 Å². The normalized spacial score (nSPS) is 13.6. The minimum Gasteiger partial charge on any atom is -0.404 e. The van der Waals surface area contributed by atoms with Gasteiger partial charge in [0.25, 0.3) is 0 Å². The summed E-state index contributed by atoms with van der Waals surface area (Å²) >= 11 is 0. The molecule has 2 aromatic carbocycles. The largest absolute Gasteiger partial charge is 0.527 e. The van der Waals surface area contributed by atoms with Crippen LogP contribution in [0, 0.1) is 5.92 Å². The first-order valence-electron chi connectivity index (χ1n) is 18.2. The number of unbranched alkanes of at least 4 members (excludes halogenated alkanes) is 13. The lowest BCUT2D eigenvalue weighted by Gasteiger charge is -2.21. The molecular weight excluding hydrogens is 609 g/mol. The molecule has 0 saturated carbocycles. The van der Waals surface area contributed by atoms with E-state index in [0.717, 1.165) is 29.3 Å². The highest BCUT2D eigenvalue weighted by Crippen LogP contribution is 2.45. The van der Waals surface area contributed by atoms with Crippen LogP contribution >= 0.6 is 7.82 Å². The number of benzene rings is 2. The van der Waals surface area contributed by atoms with Crippen LogP contribution in [0.3, 0.4) is 0 Å². The molecule has 0 aliphatic carbocycles. The number of hydrogen-bond donors (Lipinski definition) is 1. The van der Waals surface area contributed by atoms with Crippen LogP contribution in [0.15, 0.2) is 66.9 Å². The molecule has 0 bridgehead atoms. The third-order valence-corrected chi connectivity index (χ3v) is 9.25. The van der Waals surface area contributed by atoms with Gasteiger partial charge >= 0.3 is 7.82 Å². The van der Waals surface area contributed by atoms with E-state index >= 15 is 0 Å². The van der Waals surface area contributed by atoms with E-state index in [4.69, 9.17) is 18.5 Å². The molecule has 3 rings (SSSR count). The van der Waals surface area contributed by atoms with Gasteiger partial charge in [0.1, 0.15) is 11.9 Å². The standard InChI is InChI=1S/C39H60NO6P/c1-4-5-6-7-8-9-10-11-12-13-14-15-16-21-29-43-32-37(44-31-34(2)3)33-45-47(41,42)46-39-27-20-18-24-36(39)30-40-28-22-25-35-23-17-19-26-38(35)40/h17-20,22-28,34,37H,4-16,21,29-33H2,1-3H3/p+1. The summed E-state index contributed by atoms with van der Waals surface area (Å²) in [7, 11) is -4.42. The average molecular weight is 671 g/mol. The lowest BCUT2D eigenvalue weighted by atomic mass is 10.0. The Morgan fingerprint density at radius 3 is 2.00 bits per heavy atom. The summed E-state index contributed by atoms with van der Waals surface area (Å²) in [5.74, 6) is 0.631. The van der Waals surface area contributed by atoms with Crippen LogP contribution in [0.2, 0.25) is 0 Å². The second-order valence-electron chi connectivity index (χ2n) is 13.2. The van der Waals surface area contributed by atoms with Crippen LogP contribution in [0.5, 0.6) is 5.75 Å². The number of para-hydroxylation sites is 2. The lowest BCUT2D eigenvalue weighted by molar-refractivity contribution is -0.662. The van der Waals surface area contributed by atoms with Gasteiger partial charge in [-0.3, -0.25) is 9.42 Å². The van der Waals surface area contributed by atoms with E-state index in [-0.39, 0.29) is 6.61 Å². The SMILES string of the molecule is CCCCCCCCCCCCCCCCOCC(COP(=O)(O)Oc1ccccc1C[n+]1cccc2ccccc21)OCC(C)C. The molecule has 1 aromatic heterocycles. The summed E-state index contributed by atoms with van der Waals surface area (Å²) < 4.78 is 38.1. The summed E-state index contributed by atoms with van der Waals surface area (Å²) in [4.78, 5) is 10.7. The Bertz CT molecular complexity index is 1300. The average Bonchev–Trinajstić information content (AvgIpc) is 3.06. The highest BCUT2D eigenvalue weighted by Gasteiger charge is 2.27. The predicted molar refractivity (Wildman–Crippen MR) is 192 cm³/mol. The Morgan fingerprint density at radius 1 is 0.723 bits per heavy atom. The van der Waals surface area contributed by atoms with Crippen molar-refractivity contribution in [2.75, 3.05) is 26.4 Å². The van der Waals surface area contributed by atoms with Crippen molar-refractivity contribution in [3.05, 3.63) is 72.4 Å². The Hall–Kier alpha value is -2.28. The van der Waals surface area contributed by atoms with E-state index in [1.807, 2.05) is 36.5 Å². The molecule has 0 saturated heterocycles. The molecule has 0 radical (unpaired) electrons. The fraction of sp³-hybridized carbons (Fsp3) is 0.615. The maximum atomic E-state index is 13.1. The van der Waals surface area contributed by atoms with Crippen molar-refractivity contribution in [3.63, 3.8) is 0 Å². The first-order chi connectivity index (χ1) is 22.9. The maximum absolute atomic E-state index is 13.1. The second-order valence-corrected chi connectivity index (χ2v) is 14.6. The molecule has 0 fully saturated rings. The summed E-state index contributed by atoms with van der Waals surface area (Å²) in [5, 5.41) is 1.11. The molecule has 262 valence electrons. The van der Waals surface area contributed by atoms with Crippen LogP contribution < -0.4 is 9.09 Å². The zero-order chi connectivity index (χ0) is 33.6. The van der Waals surface area contributed by atoms with Gasteiger partial charge in [-0.2, -0.15) is 4.57 Å². The fourth-order valence-electron chi connectivity index (χ4n) is 5.68. The lowest BCUT2D eigenvalue weighted by Crippen LogP contribution is -2.34. The monoisotopic (exact) mass is 670 g/mol. The quantitative estimate of drug-likeness (QED) is 0.0494. The van der Waals surface area contributed by atoms with Crippen LogP contribution in [0.25, 0.3) is 10.9 Å². The zero-order valence-electron chi connectivity index (χ0n) is 29.3.